The Morgan fingerprint density at radius 3 is 2.32 bits per heavy atom. The van der Waals surface area contributed by atoms with Crippen LogP contribution in [0, 0.1) is 5.92 Å². The van der Waals surface area contributed by atoms with Crippen LogP contribution in [0.15, 0.2) is 0 Å². The monoisotopic (exact) mass is 392 g/mol. The molecule has 2 rings (SSSR count). The lowest BCUT2D eigenvalue weighted by Crippen LogP contribution is -2.59. The fourth-order valence-electron chi connectivity index (χ4n) is 3.14. The van der Waals surface area contributed by atoms with Crippen molar-refractivity contribution in [1.29, 1.82) is 0 Å². The van der Waals surface area contributed by atoms with Crippen LogP contribution in [0.4, 0.5) is 0 Å². The van der Waals surface area contributed by atoms with E-state index in [1.54, 1.807) is 14.2 Å². The van der Waals surface area contributed by atoms with Crippen LogP contribution in [0.3, 0.4) is 0 Å². The van der Waals surface area contributed by atoms with Crippen LogP contribution >= 0.6 is 12.2 Å². The number of ether oxygens (including phenoxy) is 5. The minimum Gasteiger partial charge on any atom is -0.447 e. The summed E-state index contributed by atoms with van der Waals surface area (Å²) in [5.74, 6) is 0.145. The maximum absolute atomic E-state index is 6.73. The summed E-state index contributed by atoms with van der Waals surface area (Å²) < 4.78 is 34.7. The van der Waals surface area contributed by atoms with Crippen molar-refractivity contribution in [3.63, 3.8) is 0 Å². The molecular formula is C17H32O6SSi. The highest BCUT2D eigenvalue weighted by molar-refractivity contribution is 7.79. The highest BCUT2D eigenvalue weighted by Gasteiger charge is 2.55. The van der Waals surface area contributed by atoms with Gasteiger partial charge in [0.25, 0.3) is 0 Å². The van der Waals surface area contributed by atoms with Gasteiger partial charge in [-0.15, -0.1) is 0 Å². The van der Waals surface area contributed by atoms with Crippen molar-refractivity contribution >= 4 is 25.8 Å². The Morgan fingerprint density at radius 1 is 1.12 bits per heavy atom. The molecule has 25 heavy (non-hydrogen) atoms. The van der Waals surface area contributed by atoms with Crippen LogP contribution in [-0.2, 0) is 28.1 Å². The molecule has 6 nitrogen and oxygen atoms in total. The largest absolute Gasteiger partial charge is 0.447 e. The summed E-state index contributed by atoms with van der Waals surface area (Å²) in [7, 11) is 1.32. The third-order valence-corrected chi connectivity index (χ3v) is 10.2. The molecule has 0 aromatic heterocycles. The van der Waals surface area contributed by atoms with Gasteiger partial charge in [-0.3, -0.25) is 0 Å². The minimum absolute atomic E-state index is 0.101. The molecule has 0 amide bonds. The Morgan fingerprint density at radius 2 is 1.76 bits per heavy atom. The van der Waals surface area contributed by atoms with Gasteiger partial charge >= 0.3 is 5.24 Å². The maximum Gasteiger partial charge on any atom is 0.353 e. The molecule has 5 atom stereocenters. The summed E-state index contributed by atoms with van der Waals surface area (Å²) in [6.45, 7) is 12.0. The molecular weight excluding hydrogens is 360 g/mol. The van der Waals surface area contributed by atoms with E-state index in [0.29, 0.717) is 6.61 Å². The van der Waals surface area contributed by atoms with Crippen molar-refractivity contribution in [2.24, 2.45) is 5.92 Å². The Balaban J connectivity index is 2.25. The van der Waals surface area contributed by atoms with E-state index in [1.807, 2.05) is 0 Å². The third kappa shape index (κ3) is 4.73. The van der Waals surface area contributed by atoms with Crippen molar-refractivity contribution in [1.82, 2.24) is 0 Å². The minimum atomic E-state index is -1.99. The number of methoxy groups -OCH3 is 2. The van der Waals surface area contributed by atoms with Gasteiger partial charge in [0.2, 0.25) is 0 Å². The molecule has 1 saturated carbocycles. The molecule has 0 unspecified atom stereocenters. The molecule has 0 N–H and O–H groups in total. The molecule has 0 spiro atoms. The first-order chi connectivity index (χ1) is 11.6. The first-order valence-electron chi connectivity index (χ1n) is 8.75. The Kier molecular flexibility index (Phi) is 6.89. The van der Waals surface area contributed by atoms with Gasteiger partial charge in [0.1, 0.15) is 12.9 Å². The molecule has 8 heteroatoms. The zero-order chi connectivity index (χ0) is 18.8. The summed E-state index contributed by atoms with van der Waals surface area (Å²) in [6.07, 6.45) is -0.0923. The Bertz CT molecular complexity index is 467. The number of hydrogen-bond acceptors (Lipinski definition) is 7. The molecule has 2 fully saturated rings. The van der Waals surface area contributed by atoms with Crippen LogP contribution in [0.25, 0.3) is 0 Å². The van der Waals surface area contributed by atoms with Crippen LogP contribution in [0.2, 0.25) is 18.1 Å². The molecule has 1 heterocycles. The second-order valence-corrected chi connectivity index (χ2v) is 13.4. The molecule has 1 aliphatic carbocycles. The van der Waals surface area contributed by atoms with Gasteiger partial charge < -0.3 is 28.1 Å². The van der Waals surface area contributed by atoms with Crippen LogP contribution in [0.5, 0.6) is 0 Å². The van der Waals surface area contributed by atoms with Crippen LogP contribution in [0.1, 0.15) is 27.2 Å². The van der Waals surface area contributed by atoms with E-state index in [-0.39, 0.29) is 47.4 Å². The summed E-state index contributed by atoms with van der Waals surface area (Å²) >= 11 is 5.16. The lowest BCUT2D eigenvalue weighted by molar-refractivity contribution is -0.163. The summed E-state index contributed by atoms with van der Waals surface area (Å²) in [5.41, 5.74) is 0. The van der Waals surface area contributed by atoms with Crippen molar-refractivity contribution in [3.8, 4) is 0 Å². The van der Waals surface area contributed by atoms with Gasteiger partial charge in [-0.1, -0.05) is 20.8 Å². The van der Waals surface area contributed by atoms with E-state index >= 15 is 0 Å². The quantitative estimate of drug-likeness (QED) is 0.375. The highest BCUT2D eigenvalue weighted by Crippen LogP contribution is 2.43. The second kappa shape index (κ2) is 8.18. The van der Waals surface area contributed by atoms with E-state index < -0.39 is 8.32 Å². The zero-order valence-corrected chi connectivity index (χ0v) is 18.2. The number of rotatable bonds is 7. The van der Waals surface area contributed by atoms with Crippen LogP contribution < -0.4 is 0 Å². The average molecular weight is 393 g/mol. The van der Waals surface area contributed by atoms with Gasteiger partial charge in [0, 0.05) is 32.4 Å². The summed E-state index contributed by atoms with van der Waals surface area (Å²) in [5, 5.41) is 0.270. The highest BCUT2D eigenvalue weighted by atomic mass is 32.1. The van der Waals surface area contributed by atoms with E-state index in [4.69, 9.17) is 40.3 Å². The van der Waals surface area contributed by atoms with Crippen LogP contribution in [-0.4, -0.2) is 65.6 Å². The van der Waals surface area contributed by atoms with Crippen molar-refractivity contribution in [2.75, 3.05) is 27.6 Å². The Hall–Kier alpha value is -0.253. The molecule has 0 bridgehead atoms. The molecule has 0 aromatic rings. The lowest BCUT2D eigenvalue weighted by Gasteiger charge is -2.46. The van der Waals surface area contributed by atoms with E-state index in [0.717, 1.165) is 6.42 Å². The summed E-state index contributed by atoms with van der Waals surface area (Å²) in [6, 6.07) is 0. The number of fused-ring (bicyclic) bond motifs is 1. The molecule has 0 aromatic carbocycles. The second-order valence-electron chi connectivity index (χ2n) is 8.32. The lowest BCUT2D eigenvalue weighted by atomic mass is 9.81. The SMILES string of the molecule is COCO[C@@H]1C[C@H](COC)[C@@H](O[Si](C)(C)C(C)(C)C)[C@@H]2OC(=S)O[C@@H]21. The fraction of sp³-hybridized carbons (Fsp3) is 0.941. The van der Waals surface area contributed by atoms with E-state index in [9.17, 15) is 0 Å². The molecule has 0 radical (unpaired) electrons. The van der Waals surface area contributed by atoms with Gasteiger partial charge in [-0.05, 0) is 24.6 Å². The molecule has 146 valence electrons. The standard InChI is InChI=1S/C17H32O6SSi/c1-17(2,3)25(6,7)23-13-11(9-18-4)8-12(20-10-19-5)14-15(13)22-16(24)21-14/h11-15H,8-10H2,1-7H3/t11-,12-,13-,14-,15+/m1/s1. The molecule has 2 aliphatic rings. The number of thiocarbonyl (C=S) groups is 1. The van der Waals surface area contributed by atoms with Crippen molar-refractivity contribution < 1.29 is 28.1 Å². The smallest absolute Gasteiger partial charge is 0.353 e. The van der Waals surface area contributed by atoms with Gasteiger partial charge in [0.15, 0.2) is 20.5 Å². The first kappa shape index (κ1) is 21.1. The van der Waals surface area contributed by atoms with Gasteiger partial charge in [0.05, 0.1) is 12.7 Å². The van der Waals surface area contributed by atoms with Crippen molar-refractivity contribution in [3.05, 3.63) is 0 Å². The first-order valence-corrected chi connectivity index (χ1v) is 12.1. The van der Waals surface area contributed by atoms with Gasteiger partial charge in [-0.25, -0.2) is 0 Å². The topological polar surface area (TPSA) is 55.4 Å². The predicted octanol–water partition coefficient (Wildman–Crippen LogP) is 3.10. The molecule has 1 saturated heterocycles. The average Bonchev–Trinajstić information content (AvgIpc) is 2.88. The zero-order valence-electron chi connectivity index (χ0n) is 16.4. The normalized spacial score (nSPS) is 32.9. The van der Waals surface area contributed by atoms with Crippen molar-refractivity contribution in [2.45, 2.75) is 69.7 Å². The fourth-order valence-corrected chi connectivity index (χ4v) is 4.72. The third-order valence-electron chi connectivity index (χ3n) is 5.50. The molecule has 1 aliphatic heterocycles. The van der Waals surface area contributed by atoms with E-state index in [2.05, 4.69) is 33.9 Å². The summed E-state index contributed by atoms with van der Waals surface area (Å²) in [4.78, 5) is 0. The predicted molar refractivity (Wildman–Crippen MR) is 101 cm³/mol. The van der Waals surface area contributed by atoms with E-state index in [1.165, 1.54) is 0 Å². The number of hydrogen-bond donors (Lipinski definition) is 0. The van der Waals surface area contributed by atoms with Gasteiger partial charge in [-0.2, -0.15) is 0 Å². The Labute approximate surface area is 157 Å². The maximum atomic E-state index is 6.73.